The van der Waals surface area contributed by atoms with E-state index in [2.05, 4.69) is 4.84 Å². The van der Waals surface area contributed by atoms with E-state index in [-0.39, 0.29) is 0 Å². The van der Waals surface area contributed by atoms with Crippen molar-refractivity contribution in [2.45, 2.75) is 11.5 Å². The molecule has 1 aromatic rings. The lowest BCUT2D eigenvalue weighted by atomic mass is 10.2. The summed E-state index contributed by atoms with van der Waals surface area (Å²) in [5, 5.41) is 0. The number of benzene rings is 1. The fourth-order valence-electron chi connectivity index (χ4n) is 1.36. The van der Waals surface area contributed by atoms with Crippen LogP contribution in [0.4, 0.5) is 0 Å². The molecule has 0 bridgehead atoms. The van der Waals surface area contributed by atoms with Gasteiger partial charge in [0.1, 0.15) is 17.4 Å². The zero-order chi connectivity index (χ0) is 9.97. The van der Waals surface area contributed by atoms with Gasteiger partial charge in [0.05, 0.1) is 18.6 Å². The molecule has 1 aromatic carbocycles. The summed E-state index contributed by atoms with van der Waals surface area (Å²) in [5.41, 5.74) is 0.899. The lowest BCUT2D eigenvalue weighted by molar-refractivity contribution is 0.122. The molecule has 0 saturated carbocycles. The minimum Gasteiger partial charge on any atom is -0.496 e. The molecule has 0 aliphatic carbocycles. The molecule has 76 valence electrons. The number of rotatable bonds is 3. The average molecular weight is 213 g/mol. The molecule has 0 aromatic heterocycles. The molecular weight excluding hydrogens is 202 g/mol. The number of nitrogens with two attached hydrogens (primary N) is 1. The number of thioether (sulfide) groups is 1. The molecule has 1 heterocycles. The first-order valence-corrected chi connectivity index (χ1v) is 5.12. The van der Waals surface area contributed by atoms with E-state index in [1.165, 1.54) is 0 Å². The quantitative estimate of drug-likeness (QED) is 0.772. The van der Waals surface area contributed by atoms with Gasteiger partial charge < -0.3 is 9.47 Å². The predicted molar refractivity (Wildman–Crippen MR) is 53.3 cm³/mol. The van der Waals surface area contributed by atoms with Crippen LogP contribution in [0.5, 0.6) is 11.5 Å². The van der Waals surface area contributed by atoms with E-state index in [9.17, 15) is 0 Å². The molecular formula is C9H11NO3S. The third-order valence-electron chi connectivity index (χ3n) is 2.01. The number of hydrogen-bond donors (Lipinski definition) is 1. The van der Waals surface area contributed by atoms with Gasteiger partial charge in [-0.1, -0.05) is 11.8 Å². The van der Waals surface area contributed by atoms with Crippen LogP contribution in [-0.2, 0) is 11.4 Å². The summed E-state index contributed by atoms with van der Waals surface area (Å²) < 4.78 is 10.6. The first-order chi connectivity index (χ1) is 6.85. The smallest absolute Gasteiger partial charge is 0.138 e. The summed E-state index contributed by atoms with van der Waals surface area (Å²) in [7, 11) is 1.63. The largest absolute Gasteiger partial charge is 0.496 e. The molecule has 2 N–H and O–H groups in total. The summed E-state index contributed by atoms with van der Waals surface area (Å²) >= 11 is 1.65. The lowest BCUT2D eigenvalue weighted by Gasteiger charge is -2.08. The van der Waals surface area contributed by atoms with Crippen molar-refractivity contribution in [1.82, 2.24) is 0 Å². The van der Waals surface area contributed by atoms with Gasteiger partial charge in [-0.25, -0.2) is 5.90 Å². The summed E-state index contributed by atoms with van der Waals surface area (Å²) in [5.74, 6) is 7.35. The van der Waals surface area contributed by atoms with E-state index in [0.717, 1.165) is 22.0 Å². The van der Waals surface area contributed by atoms with Crippen LogP contribution in [0.15, 0.2) is 17.0 Å². The SMILES string of the molecule is COc1cc2c(cc1CON)OCS2. The molecule has 0 fully saturated rings. The van der Waals surface area contributed by atoms with E-state index in [1.54, 1.807) is 18.9 Å². The van der Waals surface area contributed by atoms with Gasteiger partial charge in [0.25, 0.3) is 0 Å². The van der Waals surface area contributed by atoms with Gasteiger partial charge in [-0.2, -0.15) is 0 Å². The second-order valence-corrected chi connectivity index (χ2v) is 3.79. The fourth-order valence-corrected chi connectivity index (χ4v) is 2.12. The van der Waals surface area contributed by atoms with Gasteiger partial charge >= 0.3 is 0 Å². The van der Waals surface area contributed by atoms with Crippen LogP contribution < -0.4 is 15.4 Å². The topological polar surface area (TPSA) is 53.7 Å². The Morgan fingerprint density at radius 1 is 1.57 bits per heavy atom. The molecule has 0 amide bonds. The van der Waals surface area contributed by atoms with Gasteiger partial charge in [-0.05, 0) is 12.1 Å². The van der Waals surface area contributed by atoms with Crippen LogP contribution in [0.25, 0.3) is 0 Å². The second-order valence-electron chi connectivity index (χ2n) is 2.83. The molecule has 1 aliphatic rings. The van der Waals surface area contributed by atoms with Crippen LogP contribution in [0, 0.1) is 0 Å². The molecule has 0 radical (unpaired) electrons. The van der Waals surface area contributed by atoms with Crippen molar-refractivity contribution < 1.29 is 14.3 Å². The van der Waals surface area contributed by atoms with Crippen LogP contribution in [0.3, 0.4) is 0 Å². The lowest BCUT2D eigenvalue weighted by Crippen LogP contribution is -2.01. The van der Waals surface area contributed by atoms with Gasteiger partial charge in [-0.3, -0.25) is 4.84 Å². The molecule has 2 rings (SSSR count). The maximum atomic E-state index is 5.40. The standard InChI is InChI=1S/C9H11NO3S/c1-11-7-3-9-8(12-5-14-9)2-6(7)4-13-10/h2-3H,4-5,10H2,1H3. The summed E-state index contributed by atoms with van der Waals surface area (Å²) in [6, 6.07) is 3.85. The van der Waals surface area contributed by atoms with E-state index < -0.39 is 0 Å². The Labute approximate surface area is 86.3 Å². The monoisotopic (exact) mass is 213 g/mol. The Balaban J connectivity index is 2.38. The zero-order valence-corrected chi connectivity index (χ0v) is 8.60. The second kappa shape index (κ2) is 4.08. The van der Waals surface area contributed by atoms with Crippen molar-refractivity contribution in [2.75, 3.05) is 13.0 Å². The van der Waals surface area contributed by atoms with Crippen LogP contribution in [0.2, 0.25) is 0 Å². The molecule has 1 aliphatic heterocycles. The zero-order valence-electron chi connectivity index (χ0n) is 7.78. The highest BCUT2D eigenvalue weighted by molar-refractivity contribution is 7.99. The maximum Gasteiger partial charge on any atom is 0.138 e. The maximum absolute atomic E-state index is 5.40. The molecule has 0 atom stereocenters. The average Bonchev–Trinajstić information content (AvgIpc) is 2.64. The molecule has 0 spiro atoms. The van der Waals surface area contributed by atoms with Crippen molar-refractivity contribution in [2.24, 2.45) is 5.90 Å². The Morgan fingerprint density at radius 3 is 3.14 bits per heavy atom. The minimum absolute atomic E-state index is 0.324. The Hall–Kier alpha value is -0.910. The van der Waals surface area contributed by atoms with Crippen LogP contribution in [0.1, 0.15) is 5.56 Å². The van der Waals surface area contributed by atoms with Crippen molar-refractivity contribution >= 4 is 11.8 Å². The van der Waals surface area contributed by atoms with Gasteiger partial charge in [-0.15, -0.1) is 0 Å². The van der Waals surface area contributed by atoms with Gasteiger partial charge in [0.15, 0.2) is 0 Å². The molecule has 4 nitrogen and oxygen atoms in total. The highest BCUT2D eigenvalue weighted by Gasteiger charge is 2.16. The summed E-state index contributed by atoms with van der Waals surface area (Å²) in [6.07, 6.45) is 0. The third-order valence-corrected chi connectivity index (χ3v) is 2.88. The summed E-state index contributed by atoms with van der Waals surface area (Å²) in [4.78, 5) is 5.69. The van der Waals surface area contributed by atoms with Crippen molar-refractivity contribution in [3.63, 3.8) is 0 Å². The highest BCUT2D eigenvalue weighted by Crippen LogP contribution is 2.40. The summed E-state index contributed by atoms with van der Waals surface area (Å²) in [6.45, 7) is 0.324. The van der Waals surface area contributed by atoms with E-state index in [0.29, 0.717) is 12.5 Å². The van der Waals surface area contributed by atoms with Crippen LogP contribution >= 0.6 is 11.8 Å². The highest BCUT2D eigenvalue weighted by atomic mass is 32.2. The van der Waals surface area contributed by atoms with Gasteiger partial charge in [0.2, 0.25) is 0 Å². The Kier molecular flexibility index (Phi) is 2.81. The number of methoxy groups -OCH3 is 1. The van der Waals surface area contributed by atoms with Gasteiger partial charge in [0, 0.05) is 5.56 Å². The minimum atomic E-state index is 0.324. The normalized spacial score (nSPS) is 13.6. The Bertz CT molecular complexity index is 343. The first-order valence-electron chi connectivity index (χ1n) is 4.13. The molecule has 0 saturated heterocycles. The molecule has 5 heteroatoms. The molecule has 14 heavy (non-hydrogen) atoms. The number of fused-ring (bicyclic) bond motifs is 1. The first kappa shape index (κ1) is 9.64. The van der Waals surface area contributed by atoms with Crippen LogP contribution in [-0.4, -0.2) is 13.0 Å². The van der Waals surface area contributed by atoms with E-state index in [1.807, 2.05) is 12.1 Å². The van der Waals surface area contributed by atoms with E-state index in [4.69, 9.17) is 15.4 Å². The third kappa shape index (κ3) is 1.66. The number of ether oxygens (including phenoxy) is 2. The van der Waals surface area contributed by atoms with Crippen molar-refractivity contribution in [3.05, 3.63) is 17.7 Å². The van der Waals surface area contributed by atoms with Crippen molar-refractivity contribution in [1.29, 1.82) is 0 Å². The fraction of sp³-hybridized carbons (Fsp3) is 0.333. The Morgan fingerprint density at radius 2 is 2.43 bits per heavy atom. The molecule has 0 unspecified atom stereocenters. The predicted octanol–water partition coefficient (Wildman–Crippen LogP) is 1.53. The number of hydrogen-bond acceptors (Lipinski definition) is 5. The van der Waals surface area contributed by atoms with Crippen molar-refractivity contribution in [3.8, 4) is 11.5 Å². The van der Waals surface area contributed by atoms with E-state index >= 15 is 0 Å².